The highest BCUT2D eigenvalue weighted by atomic mass is 19.3. The average Bonchev–Trinajstić information content (AvgIpc) is 2.16. The number of carbonyl (C=O) groups is 1. The van der Waals surface area contributed by atoms with E-state index in [2.05, 4.69) is 4.98 Å². The summed E-state index contributed by atoms with van der Waals surface area (Å²) in [6, 6.07) is 1.19. The maximum absolute atomic E-state index is 12.4. The van der Waals surface area contributed by atoms with Crippen LogP contribution >= 0.6 is 0 Å². The van der Waals surface area contributed by atoms with Gasteiger partial charge in [0, 0.05) is 6.54 Å². The Morgan fingerprint density at radius 1 is 1.56 bits per heavy atom. The fourth-order valence-electron chi connectivity index (χ4n) is 1.29. The van der Waals surface area contributed by atoms with Crippen LogP contribution in [0.4, 0.5) is 14.5 Å². The van der Waals surface area contributed by atoms with Crippen LogP contribution in [0.3, 0.4) is 0 Å². The third-order valence-corrected chi connectivity index (χ3v) is 1.99. The Labute approximate surface area is 90.1 Å². The van der Waals surface area contributed by atoms with Gasteiger partial charge in [-0.25, -0.2) is 13.8 Å². The van der Waals surface area contributed by atoms with Crippen LogP contribution in [0.25, 0.3) is 0 Å². The summed E-state index contributed by atoms with van der Waals surface area (Å²) in [5.74, 6) is -1.10. The smallest absolute Gasteiger partial charge is 0.307 e. The molecule has 0 fully saturated rings. The number of carboxylic acids is 1. The Morgan fingerprint density at radius 2 is 2.19 bits per heavy atom. The standard InChI is InChI=1S/C9H11F2N3O2/c10-9(11)8-5(13)1-4(2-7(15)16)6(3-12)14-8/h1,9H,2-3,12-13H2,(H,15,16). The molecular formula is C9H11F2N3O2. The number of carboxylic acid groups (broad SMARTS) is 1. The summed E-state index contributed by atoms with van der Waals surface area (Å²) >= 11 is 0. The first-order valence-electron chi connectivity index (χ1n) is 4.43. The lowest BCUT2D eigenvalue weighted by Gasteiger charge is -2.10. The van der Waals surface area contributed by atoms with E-state index in [4.69, 9.17) is 16.6 Å². The average molecular weight is 231 g/mol. The molecule has 0 aliphatic heterocycles. The Kier molecular flexibility index (Phi) is 3.73. The molecule has 0 aliphatic carbocycles. The number of alkyl halides is 2. The molecule has 0 atom stereocenters. The van der Waals surface area contributed by atoms with E-state index in [1.807, 2.05) is 0 Å². The van der Waals surface area contributed by atoms with Crippen molar-refractivity contribution in [1.29, 1.82) is 0 Å². The molecule has 0 unspecified atom stereocenters. The van der Waals surface area contributed by atoms with Gasteiger partial charge < -0.3 is 16.6 Å². The first-order chi connectivity index (χ1) is 7.45. The number of aliphatic carboxylic acids is 1. The summed E-state index contributed by atoms with van der Waals surface area (Å²) in [4.78, 5) is 14.1. The summed E-state index contributed by atoms with van der Waals surface area (Å²) in [5.41, 5.74) is 10.3. The number of hydrogen-bond donors (Lipinski definition) is 3. The minimum Gasteiger partial charge on any atom is -0.481 e. The monoisotopic (exact) mass is 231 g/mol. The van der Waals surface area contributed by atoms with E-state index >= 15 is 0 Å². The number of aromatic nitrogens is 1. The molecule has 1 rings (SSSR count). The second-order valence-corrected chi connectivity index (χ2v) is 3.14. The SMILES string of the molecule is NCc1nc(C(F)F)c(N)cc1CC(=O)O. The molecule has 1 heterocycles. The highest BCUT2D eigenvalue weighted by Gasteiger charge is 2.17. The molecular weight excluding hydrogens is 220 g/mol. The van der Waals surface area contributed by atoms with Crippen molar-refractivity contribution in [1.82, 2.24) is 4.98 Å². The molecule has 1 aromatic rings. The number of anilines is 1. The molecule has 5 N–H and O–H groups in total. The number of nitrogens with two attached hydrogens (primary N) is 2. The second kappa shape index (κ2) is 4.84. The van der Waals surface area contributed by atoms with Gasteiger partial charge in [0.1, 0.15) is 5.69 Å². The lowest BCUT2D eigenvalue weighted by molar-refractivity contribution is -0.136. The molecule has 0 aromatic carbocycles. The first-order valence-corrected chi connectivity index (χ1v) is 4.43. The fraction of sp³-hybridized carbons (Fsp3) is 0.333. The van der Waals surface area contributed by atoms with E-state index in [9.17, 15) is 13.6 Å². The topological polar surface area (TPSA) is 102 Å². The predicted molar refractivity (Wildman–Crippen MR) is 52.8 cm³/mol. The minimum atomic E-state index is -2.80. The summed E-state index contributed by atoms with van der Waals surface area (Å²) in [5, 5.41) is 8.60. The first kappa shape index (κ1) is 12.3. The van der Waals surface area contributed by atoms with Crippen LogP contribution in [0.15, 0.2) is 6.07 Å². The van der Waals surface area contributed by atoms with Crippen molar-refractivity contribution in [3.8, 4) is 0 Å². The lowest BCUT2D eigenvalue weighted by Crippen LogP contribution is -2.12. The van der Waals surface area contributed by atoms with E-state index in [1.54, 1.807) is 0 Å². The van der Waals surface area contributed by atoms with Crippen molar-refractivity contribution >= 4 is 11.7 Å². The van der Waals surface area contributed by atoms with Crippen LogP contribution in [0.2, 0.25) is 0 Å². The molecule has 0 bridgehead atoms. The van der Waals surface area contributed by atoms with Crippen molar-refractivity contribution in [2.75, 3.05) is 5.73 Å². The van der Waals surface area contributed by atoms with Crippen LogP contribution in [0.5, 0.6) is 0 Å². The van der Waals surface area contributed by atoms with Crippen LogP contribution in [-0.2, 0) is 17.8 Å². The summed E-state index contributed by atoms with van der Waals surface area (Å²) in [6.45, 7) is -0.109. The maximum Gasteiger partial charge on any atom is 0.307 e. The van der Waals surface area contributed by atoms with Crippen LogP contribution < -0.4 is 11.5 Å². The normalized spacial score (nSPS) is 10.8. The predicted octanol–water partition coefficient (Wildman–Crippen LogP) is 0.687. The summed E-state index contributed by atoms with van der Waals surface area (Å²) in [7, 11) is 0. The zero-order valence-electron chi connectivity index (χ0n) is 8.28. The number of nitrogens with zero attached hydrogens (tertiary/aromatic N) is 1. The van der Waals surface area contributed by atoms with Gasteiger partial charge in [0.15, 0.2) is 0 Å². The number of rotatable bonds is 4. The highest BCUT2D eigenvalue weighted by Crippen LogP contribution is 2.25. The summed E-state index contributed by atoms with van der Waals surface area (Å²) in [6.07, 6.45) is -3.14. The van der Waals surface area contributed by atoms with Gasteiger partial charge in [0.05, 0.1) is 17.8 Å². The third kappa shape index (κ3) is 2.63. The summed E-state index contributed by atoms with van der Waals surface area (Å²) < 4.78 is 24.9. The highest BCUT2D eigenvalue weighted by molar-refractivity contribution is 5.71. The van der Waals surface area contributed by atoms with Gasteiger partial charge in [0.2, 0.25) is 0 Å². The van der Waals surface area contributed by atoms with Gasteiger partial charge in [-0.1, -0.05) is 0 Å². The van der Waals surface area contributed by atoms with Crippen molar-refractivity contribution in [3.63, 3.8) is 0 Å². The Bertz CT molecular complexity index is 410. The van der Waals surface area contributed by atoms with Gasteiger partial charge in [-0.3, -0.25) is 4.79 Å². The molecule has 7 heteroatoms. The zero-order valence-corrected chi connectivity index (χ0v) is 8.28. The largest absolute Gasteiger partial charge is 0.481 e. The van der Waals surface area contributed by atoms with Gasteiger partial charge in [-0.2, -0.15) is 0 Å². The van der Waals surface area contributed by atoms with Gasteiger partial charge >= 0.3 is 5.97 Å². The van der Waals surface area contributed by atoms with E-state index in [-0.39, 0.29) is 29.9 Å². The lowest BCUT2D eigenvalue weighted by atomic mass is 10.1. The molecule has 0 saturated carbocycles. The molecule has 0 saturated heterocycles. The van der Waals surface area contributed by atoms with Crippen molar-refractivity contribution < 1.29 is 18.7 Å². The van der Waals surface area contributed by atoms with Crippen molar-refractivity contribution in [2.24, 2.45) is 5.73 Å². The molecule has 0 spiro atoms. The van der Waals surface area contributed by atoms with Crippen LogP contribution in [0, 0.1) is 0 Å². The fourth-order valence-corrected chi connectivity index (χ4v) is 1.29. The number of nitrogen functional groups attached to an aromatic ring is 1. The Hall–Kier alpha value is -1.76. The zero-order chi connectivity index (χ0) is 12.3. The van der Waals surface area contributed by atoms with Gasteiger partial charge in [-0.05, 0) is 11.6 Å². The quantitative estimate of drug-likeness (QED) is 0.707. The molecule has 0 aliphatic rings. The number of pyridine rings is 1. The molecule has 1 aromatic heterocycles. The molecule has 16 heavy (non-hydrogen) atoms. The maximum atomic E-state index is 12.4. The van der Waals surface area contributed by atoms with Crippen molar-refractivity contribution in [3.05, 3.63) is 23.0 Å². The van der Waals surface area contributed by atoms with Crippen LogP contribution in [-0.4, -0.2) is 16.1 Å². The van der Waals surface area contributed by atoms with E-state index in [0.717, 1.165) is 0 Å². The number of hydrogen-bond acceptors (Lipinski definition) is 4. The van der Waals surface area contributed by atoms with E-state index in [1.165, 1.54) is 6.07 Å². The van der Waals surface area contributed by atoms with Crippen molar-refractivity contribution in [2.45, 2.75) is 19.4 Å². The molecule has 0 amide bonds. The number of halogens is 2. The molecule has 0 radical (unpaired) electrons. The Balaban J connectivity index is 3.20. The molecule has 5 nitrogen and oxygen atoms in total. The Morgan fingerprint density at radius 3 is 2.62 bits per heavy atom. The van der Waals surface area contributed by atoms with Gasteiger partial charge in [0.25, 0.3) is 6.43 Å². The third-order valence-electron chi connectivity index (χ3n) is 1.99. The molecule has 88 valence electrons. The second-order valence-electron chi connectivity index (χ2n) is 3.14. The van der Waals surface area contributed by atoms with Crippen LogP contribution in [0.1, 0.15) is 23.4 Å². The van der Waals surface area contributed by atoms with E-state index < -0.39 is 18.1 Å². The van der Waals surface area contributed by atoms with E-state index in [0.29, 0.717) is 0 Å². The minimum absolute atomic E-state index is 0.109. The van der Waals surface area contributed by atoms with Gasteiger partial charge in [-0.15, -0.1) is 0 Å².